The first-order valence-corrected chi connectivity index (χ1v) is 10.6. The van der Waals surface area contributed by atoms with Gasteiger partial charge in [-0.3, -0.25) is 14.7 Å². The van der Waals surface area contributed by atoms with E-state index in [2.05, 4.69) is 29.4 Å². The van der Waals surface area contributed by atoms with Gasteiger partial charge in [-0.05, 0) is 29.7 Å². The molecule has 1 aliphatic rings. The molecule has 0 spiro atoms. The van der Waals surface area contributed by atoms with Crippen LogP contribution < -0.4 is 0 Å². The number of amidine groups is 1. The van der Waals surface area contributed by atoms with Crippen LogP contribution in [0, 0.1) is 0 Å². The predicted octanol–water partition coefficient (Wildman–Crippen LogP) is 4.02. The summed E-state index contributed by atoms with van der Waals surface area (Å²) >= 11 is 1.51. The zero-order chi connectivity index (χ0) is 20.2. The number of nitrogens with zero attached hydrogens (tertiary/aromatic N) is 5. The maximum atomic E-state index is 12.4. The molecule has 1 unspecified atom stereocenters. The topological polar surface area (TPSA) is 63.4 Å². The number of rotatable bonds is 5. The minimum absolute atomic E-state index is 0.0796. The van der Waals surface area contributed by atoms with Gasteiger partial charge in [0.2, 0.25) is 5.91 Å². The van der Waals surface area contributed by atoms with Crippen LogP contribution >= 0.6 is 11.8 Å². The van der Waals surface area contributed by atoms with Crippen molar-refractivity contribution >= 4 is 22.8 Å². The summed E-state index contributed by atoms with van der Waals surface area (Å²) in [6.07, 6.45) is 3.33. The van der Waals surface area contributed by atoms with Gasteiger partial charge in [0.25, 0.3) is 0 Å². The molecule has 0 radical (unpaired) electrons. The summed E-state index contributed by atoms with van der Waals surface area (Å²) in [5.74, 6) is 0.682. The molecule has 4 rings (SSSR count). The van der Waals surface area contributed by atoms with Crippen molar-refractivity contribution in [2.45, 2.75) is 31.6 Å². The Morgan fingerprint density at radius 1 is 1.10 bits per heavy atom. The van der Waals surface area contributed by atoms with E-state index in [1.807, 2.05) is 48.7 Å². The Bertz CT molecular complexity index is 1010. The molecule has 1 atom stereocenters. The summed E-state index contributed by atoms with van der Waals surface area (Å²) in [7, 11) is 1.78. The Labute approximate surface area is 174 Å². The number of amides is 1. The summed E-state index contributed by atoms with van der Waals surface area (Å²) in [6, 6.07) is 18.1. The van der Waals surface area contributed by atoms with E-state index >= 15 is 0 Å². The molecule has 0 aliphatic carbocycles. The predicted molar refractivity (Wildman–Crippen MR) is 116 cm³/mol. The largest absolute Gasteiger partial charge is 0.295 e. The number of carbonyl (C=O) groups is 1. The summed E-state index contributed by atoms with van der Waals surface area (Å²) in [5.41, 5.74) is 4.19. The fraction of sp³-hybridized carbons (Fsp3) is 0.273. The molecule has 6 nitrogen and oxygen atoms in total. The van der Waals surface area contributed by atoms with Gasteiger partial charge in [-0.1, -0.05) is 66.4 Å². The van der Waals surface area contributed by atoms with Gasteiger partial charge in [-0.25, -0.2) is 4.68 Å². The number of aromatic nitrogens is 3. The highest BCUT2D eigenvalue weighted by Gasteiger charge is 2.27. The molecule has 0 saturated carbocycles. The van der Waals surface area contributed by atoms with E-state index in [9.17, 15) is 4.79 Å². The van der Waals surface area contributed by atoms with Crippen LogP contribution in [0.1, 0.15) is 36.2 Å². The first-order valence-electron chi connectivity index (χ1n) is 9.66. The molecule has 3 aromatic rings. The van der Waals surface area contributed by atoms with Crippen molar-refractivity contribution in [2.75, 3.05) is 7.05 Å². The van der Waals surface area contributed by atoms with E-state index in [-0.39, 0.29) is 11.9 Å². The minimum Gasteiger partial charge on any atom is -0.295 e. The fourth-order valence-corrected chi connectivity index (χ4v) is 4.10. The zero-order valence-electron chi connectivity index (χ0n) is 16.5. The Morgan fingerprint density at radius 2 is 1.86 bits per heavy atom. The molecule has 0 bridgehead atoms. The number of aryl methyl sites for hydroxylation is 1. The highest BCUT2D eigenvalue weighted by Crippen LogP contribution is 2.29. The first-order chi connectivity index (χ1) is 14.1. The molecule has 148 valence electrons. The quantitative estimate of drug-likeness (QED) is 0.643. The van der Waals surface area contributed by atoms with Crippen molar-refractivity contribution in [3.05, 3.63) is 77.6 Å². The molecule has 7 heteroatoms. The third-order valence-electron chi connectivity index (χ3n) is 4.98. The number of benzene rings is 2. The lowest BCUT2D eigenvalue weighted by Gasteiger charge is -2.27. The maximum Gasteiger partial charge on any atom is 0.230 e. The lowest BCUT2D eigenvalue weighted by Crippen LogP contribution is -2.36. The van der Waals surface area contributed by atoms with Crippen LogP contribution in [0.5, 0.6) is 0 Å². The van der Waals surface area contributed by atoms with Gasteiger partial charge in [0.15, 0.2) is 5.17 Å². The first kappa shape index (κ1) is 19.4. The van der Waals surface area contributed by atoms with Gasteiger partial charge in [0.1, 0.15) is 0 Å². The van der Waals surface area contributed by atoms with Gasteiger partial charge in [0.05, 0.1) is 30.0 Å². The van der Waals surface area contributed by atoms with Gasteiger partial charge in [0, 0.05) is 12.8 Å². The van der Waals surface area contributed by atoms with E-state index < -0.39 is 0 Å². The van der Waals surface area contributed by atoms with Crippen molar-refractivity contribution < 1.29 is 4.79 Å². The summed E-state index contributed by atoms with van der Waals surface area (Å²) < 4.78 is 1.78. The minimum atomic E-state index is -0.129. The number of hydrogen-bond donors (Lipinski definition) is 0. The highest BCUT2D eigenvalue weighted by atomic mass is 32.2. The fourth-order valence-electron chi connectivity index (χ4n) is 3.19. The lowest BCUT2D eigenvalue weighted by molar-refractivity contribution is -0.127. The molecule has 2 aromatic carbocycles. The second-order valence-corrected chi connectivity index (χ2v) is 7.90. The van der Waals surface area contributed by atoms with Crippen LogP contribution in [0.15, 0.2) is 65.8 Å². The second kappa shape index (κ2) is 8.61. The average molecular weight is 406 g/mol. The molecule has 0 fully saturated rings. The lowest BCUT2D eigenvalue weighted by atomic mass is 10.0. The molecule has 1 amide bonds. The van der Waals surface area contributed by atoms with Gasteiger partial charge >= 0.3 is 0 Å². The van der Waals surface area contributed by atoms with Gasteiger partial charge in [-0.15, -0.1) is 5.10 Å². The molecular formula is C22H23N5OS. The summed E-state index contributed by atoms with van der Waals surface area (Å²) in [5, 5.41) is 9.23. The SMILES string of the molecule is CCc1ccc(-n2cc(CSC3=NC(c4ccccc4)CC(=O)N3C)nn2)cc1. The van der Waals surface area contributed by atoms with Crippen molar-refractivity contribution in [2.24, 2.45) is 4.99 Å². The zero-order valence-corrected chi connectivity index (χ0v) is 17.3. The van der Waals surface area contributed by atoms with Crippen LogP contribution in [0.4, 0.5) is 0 Å². The molecule has 1 aliphatic heterocycles. The monoisotopic (exact) mass is 405 g/mol. The third kappa shape index (κ3) is 4.40. The van der Waals surface area contributed by atoms with Crippen molar-refractivity contribution in [1.82, 2.24) is 19.9 Å². The summed E-state index contributed by atoms with van der Waals surface area (Å²) in [6.45, 7) is 2.14. The second-order valence-electron chi connectivity index (χ2n) is 6.96. The smallest absolute Gasteiger partial charge is 0.230 e. The molecule has 1 aromatic heterocycles. The van der Waals surface area contributed by atoms with E-state index in [1.165, 1.54) is 17.3 Å². The third-order valence-corrected chi connectivity index (χ3v) is 6.06. The number of carbonyl (C=O) groups excluding carboxylic acids is 1. The highest BCUT2D eigenvalue weighted by molar-refractivity contribution is 8.13. The van der Waals surface area contributed by atoms with E-state index in [4.69, 9.17) is 4.99 Å². The van der Waals surface area contributed by atoms with Crippen LogP contribution in [0.2, 0.25) is 0 Å². The molecule has 2 heterocycles. The maximum absolute atomic E-state index is 12.4. The van der Waals surface area contributed by atoms with Gasteiger partial charge < -0.3 is 0 Å². The molecule has 29 heavy (non-hydrogen) atoms. The number of aliphatic imine (C=N–C) groups is 1. The summed E-state index contributed by atoms with van der Waals surface area (Å²) in [4.78, 5) is 18.9. The molecular weight excluding hydrogens is 382 g/mol. The van der Waals surface area contributed by atoms with Crippen LogP contribution in [-0.4, -0.2) is 38.0 Å². The molecule has 0 N–H and O–H groups in total. The Morgan fingerprint density at radius 3 is 2.59 bits per heavy atom. The Kier molecular flexibility index (Phi) is 5.76. The standard InChI is InChI=1S/C22H23N5OS/c1-3-16-9-11-19(12-10-16)27-14-18(24-25-27)15-29-22-23-20(13-21(28)26(22)2)17-7-5-4-6-8-17/h4-12,14,20H,3,13,15H2,1-2H3. The number of hydrogen-bond acceptors (Lipinski definition) is 5. The Balaban J connectivity index is 1.46. The Hall–Kier alpha value is -2.93. The number of thioether (sulfide) groups is 1. The van der Waals surface area contributed by atoms with Crippen LogP contribution in [0.25, 0.3) is 5.69 Å². The van der Waals surface area contributed by atoms with E-state index in [1.54, 1.807) is 16.6 Å². The van der Waals surface area contributed by atoms with Gasteiger partial charge in [-0.2, -0.15) is 0 Å². The van der Waals surface area contributed by atoms with Crippen molar-refractivity contribution in [1.29, 1.82) is 0 Å². The van der Waals surface area contributed by atoms with Crippen LogP contribution in [-0.2, 0) is 17.0 Å². The molecule has 0 saturated heterocycles. The van der Waals surface area contributed by atoms with Crippen molar-refractivity contribution in [3.63, 3.8) is 0 Å². The van der Waals surface area contributed by atoms with E-state index in [0.717, 1.165) is 28.5 Å². The van der Waals surface area contributed by atoms with Crippen molar-refractivity contribution in [3.8, 4) is 5.69 Å². The average Bonchev–Trinajstić information content (AvgIpc) is 3.24. The van der Waals surface area contributed by atoms with E-state index in [0.29, 0.717) is 12.2 Å². The normalized spacial score (nSPS) is 16.8. The van der Waals surface area contributed by atoms with Crippen LogP contribution in [0.3, 0.4) is 0 Å².